The summed E-state index contributed by atoms with van der Waals surface area (Å²) >= 11 is 0. The van der Waals surface area contributed by atoms with Gasteiger partial charge in [0.1, 0.15) is 23.9 Å². The van der Waals surface area contributed by atoms with Crippen LogP contribution in [-0.2, 0) is 36.8 Å². The van der Waals surface area contributed by atoms with Crippen LogP contribution in [0.5, 0.6) is 5.75 Å². The van der Waals surface area contributed by atoms with E-state index in [0.29, 0.717) is 17.7 Å². The van der Waals surface area contributed by atoms with E-state index < -0.39 is 59.7 Å². The van der Waals surface area contributed by atoms with Crippen LogP contribution in [0, 0.1) is 5.92 Å². The number of nitrogens with zero attached hydrogens (tertiary/aromatic N) is 1. The Morgan fingerprint density at radius 2 is 1.62 bits per heavy atom. The predicted octanol–water partition coefficient (Wildman–Crippen LogP) is -0.922. The number of aromatic amines is 1. The first kappa shape index (κ1) is 31.8. The molecule has 218 valence electrons. The number of benzene rings is 1. The van der Waals surface area contributed by atoms with Crippen molar-refractivity contribution in [3.8, 4) is 5.75 Å². The maximum Gasteiger partial charge on any atom is 0.326 e. The van der Waals surface area contributed by atoms with Crippen molar-refractivity contribution < 1.29 is 34.2 Å². The van der Waals surface area contributed by atoms with E-state index in [1.165, 1.54) is 24.7 Å². The van der Waals surface area contributed by atoms with E-state index in [1.807, 2.05) is 6.92 Å². The molecule has 14 nitrogen and oxygen atoms in total. The van der Waals surface area contributed by atoms with Gasteiger partial charge in [0.15, 0.2) is 0 Å². The molecule has 0 aliphatic heterocycles. The lowest BCUT2D eigenvalue weighted by atomic mass is 9.96. The smallest absolute Gasteiger partial charge is 0.326 e. The third-order valence-corrected chi connectivity index (χ3v) is 6.43. The summed E-state index contributed by atoms with van der Waals surface area (Å²) in [6, 6.07) is 1.28. The lowest BCUT2D eigenvalue weighted by Gasteiger charge is -2.28. The van der Waals surface area contributed by atoms with Crippen LogP contribution in [0.25, 0.3) is 0 Å². The fourth-order valence-electron chi connectivity index (χ4n) is 3.82. The van der Waals surface area contributed by atoms with Gasteiger partial charge in [-0.05, 0) is 30.0 Å². The molecule has 10 N–H and O–H groups in total. The second kappa shape index (κ2) is 15.2. The Labute approximate surface area is 231 Å². The summed E-state index contributed by atoms with van der Waals surface area (Å²) in [4.78, 5) is 68.9. The molecule has 40 heavy (non-hydrogen) atoms. The first-order valence-corrected chi connectivity index (χ1v) is 12.8. The van der Waals surface area contributed by atoms with Gasteiger partial charge in [-0.3, -0.25) is 19.2 Å². The van der Waals surface area contributed by atoms with Crippen molar-refractivity contribution in [2.24, 2.45) is 17.4 Å². The van der Waals surface area contributed by atoms with Crippen molar-refractivity contribution in [1.82, 2.24) is 25.9 Å². The van der Waals surface area contributed by atoms with E-state index in [1.54, 1.807) is 19.1 Å². The zero-order valence-corrected chi connectivity index (χ0v) is 22.4. The second-order valence-electron chi connectivity index (χ2n) is 9.60. The third-order valence-electron chi connectivity index (χ3n) is 6.43. The number of aromatic hydroxyl groups is 1. The number of carbonyl (C=O) groups excluding carboxylic acids is 4. The average Bonchev–Trinajstić information content (AvgIpc) is 3.43. The molecule has 0 bridgehead atoms. The number of carboxylic acids is 1. The fourth-order valence-corrected chi connectivity index (χ4v) is 3.82. The Balaban J connectivity index is 2.23. The average molecular weight is 560 g/mol. The summed E-state index contributed by atoms with van der Waals surface area (Å²) in [6.07, 6.45) is 3.10. The molecule has 1 aromatic heterocycles. The minimum absolute atomic E-state index is 0.00713. The second-order valence-corrected chi connectivity index (χ2v) is 9.60. The highest BCUT2D eigenvalue weighted by Crippen LogP contribution is 2.14. The topological polar surface area (TPSA) is 243 Å². The molecule has 2 aromatic rings. The molecule has 2 rings (SSSR count). The maximum atomic E-state index is 13.5. The number of amides is 4. The first-order valence-electron chi connectivity index (χ1n) is 12.8. The van der Waals surface area contributed by atoms with Gasteiger partial charge >= 0.3 is 5.97 Å². The van der Waals surface area contributed by atoms with Gasteiger partial charge in [-0.1, -0.05) is 32.4 Å². The zero-order chi connectivity index (χ0) is 29.8. The predicted molar refractivity (Wildman–Crippen MR) is 143 cm³/mol. The standard InChI is InChI=1S/C26H37N7O7/c1-3-14(2)22(25(38)32-20(26(39)40)11-16-12-29-13-30-16)33-24(37)19(10-15-4-6-17(34)7-5-15)31-23(36)18(27)8-9-21(28)35/h4-7,12-14,18-20,22,34H,3,8-11,27H2,1-2H3,(H2,28,35)(H,29,30)(H,31,36)(H,32,38)(H,33,37)(H,39,40). The Morgan fingerprint density at radius 1 is 0.975 bits per heavy atom. The number of hydrogen-bond acceptors (Lipinski definition) is 8. The maximum absolute atomic E-state index is 13.5. The Morgan fingerprint density at radius 3 is 2.17 bits per heavy atom. The van der Waals surface area contributed by atoms with Gasteiger partial charge in [-0.2, -0.15) is 0 Å². The van der Waals surface area contributed by atoms with Crippen molar-refractivity contribution in [3.63, 3.8) is 0 Å². The van der Waals surface area contributed by atoms with Crippen LogP contribution in [0.15, 0.2) is 36.8 Å². The molecule has 5 unspecified atom stereocenters. The highest BCUT2D eigenvalue weighted by Gasteiger charge is 2.33. The summed E-state index contributed by atoms with van der Waals surface area (Å²) in [5.74, 6) is -4.38. The summed E-state index contributed by atoms with van der Waals surface area (Å²) in [6.45, 7) is 3.53. The molecule has 0 fully saturated rings. The molecule has 0 saturated heterocycles. The molecule has 5 atom stereocenters. The quantitative estimate of drug-likeness (QED) is 0.127. The van der Waals surface area contributed by atoms with E-state index in [9.17, 15) is 34.2 Å². The van der Waals surface area contributed by atoms with Crippen molar-refractivity contribution in [2.75, 3.05) is 0 Å². The van der Waals surface area contributed by atoms with E-state index in [2.05, 4.69) is 25.9 Å². The van der Waals surface area contributed by atoms with Gasteiger partial charge in [0.25, 0.3) is 0 Å². The van der Waals surface area contributed by atoms with E-state index in [-0.39, 0.29) is 31.4 Å². The SMILES string of the molecule is CCC(C)C(NC(=O)C(Cc1ccc(O)cc1)NC(=O)C(N)CCC(N)=O)C(=O)NC(Cc1cnc[nH]1)C(=O)O. The normalized spacial score (nSPS) is 14.7. The number of aromatic nitrogens is 2. The van der Waals surface area contributed by atoms with E-state index in [0.717, 1.165) is 0 Å². The van der Waals surface area contributed by atoms with Gasteiger partial charge in [-0.25, -0.2) is 9.78 Å². The lowest BCUT2D eigenvalue weighted by molar-refractivity contribution is -0.142. The number of nitrogens with two attached hydrogens (primary N) is 2. The number of H-pyrrole nitrogens is 1. The first-order chi connectivity index (χ1) is 18.9. The van der Waals surface area contributed by atoms with Gasteiger partial charge < -0.3 is 42.6 Å². The molecule has 0 aliphatic rings. The summed E-state index contributed by atoms with van der Waals surface area (Å²) < 4.78 is 0. The fraction of sp³-hybridized carbons (Fsp3) is 0.462. The molecule has 14 heteroatoms. The van der Waals surface area contributed by atoms with Crippen molar-refractivity contribution in [1.29, 1.82) is 0 Å². The number of phenols is 1. The van der Waals surface area contributed by atoms with Crippen molar-refractivity contribution in [3.05, 3.63) is 48.0 Å². The zero-order valence-electron chi connectivity index (χ0n) is 22.4. The summed E-state index contributed by atoms with van der Waals surface area (Å²) in [7, 11) is 0. The molecule has 0 radical (unpaired) electrons. The molecule has 1 heterocycles. The van der Waals surface area contributed by atoms with Crippen LogP contribution in [-0.4, -0.2) is 73.9 Å². The Bertz CT molecular complexity index is 1150. The van der Waals surface area contributed by atoms with E-state index in [4.69, 9.17) is 11.5 Å². The Hall–Kier alpha value is -4.46. The molecular weight excluding hydrogens is 522 g/mol. The number of aliphatic carboxylic acids is 1. The van der Waals surface area contributed by atoms with Crippen LogP contribution in [0.2, 0.25) is 0 Å². The minimum atomic E-state index is -1.29. The molecule has 1 aromatic carbocycles. The number of phenolic OH excluding ortho intramolecular Hbond substituents is 1. The molecule has 4 amide bonds. The number of rotatable bonds is 16. The van der Waals surface area contributed by atoms with Crippen LogP contribution in [0.4, 0.5) is 0 Å². The molecule has 0 saturated carbocycles. The third kappa shape index (κ3) is 10.0. The van der Waals surface area contributed by atoms with Crippen molar-refractivity contribution in [2.45, 2.75) is 70.1 Å². The highest BCUT2D eigenvalue weighted by molar-refractivity contribution is 5.94. The monoisotopic (exact) mass is 559 g/mol. The van der Waals surface area contributed by atoms with Gasteiger partial charge in [0, 0.05) is 31.2 Å². The van der Waals surface area contributed by atoms with Crippen LogP contribution < -0.4 is 27.4 Å². The van der Waals surface area contributed by atoms with Gasteiger partial charge in [0.2, 0.25) is 23.6 Å². The summed E-state index contributed by atoms with van der Waals surface area (Å²) in [5.41, 5.74) is 12.1. The minimum Gasteiger partial charge on any atom is -0.508 e. The number of carbonyl (C=O) groups is 5. The number of carboxylic acid groups (broad SMARTS) is 1. The number of primary amides is 1. The number of imidazole rings is 1. The van der Waals surface area contributed by atoms with Gasteiger partial charge in [-0.15, -0.1) is 0 Å². The Kier molecular flexibility index (Phi) is 12.1. The largest absolute Gasteiger partial charge is 0.508 e. The van der Waals surface area contributed by atoms with Crippen molar-refractivity contribution >= 4 is 29.6 Å². The highest BCUT2D eigenvalue weighted by atomic mass is 16.4. The van der Waals surface area contributed by atoms with Crippen LogP contribution in [0.1, 0.15) is 44.4 Å². The molecule has 0 spiro atoms. The molecule has 0 aliphatic carbocycles. The summed E-state index contributed by atoms with van der Waals surface area (Å²) in [5, 5.41) is 26.9. The lowest BCUT2D eigenvalue weighted by Crippen LogP contribution is -2.59. The molecular formula is C26H37N7O7. The van der Waals surface area contributed by atoms with E-state index >= 15 is 0 Å². The van der Waals surface area contributed by atoms with Crippen LogP contribution in [0.3, 0.4) is 0 Å². The number of nitrogens with one attached hydrogen (secondary N) is 4. The van der Waals surface area contributed by atoms with Crippen LogP contribution >= 0.6 is 0 Å². The number of hydrogen-bond donors (Lipinski definition) is 8. The van der Waals surface area contributed by atoms with Gasteiger partial charge in [0.05, 0.1) is 12.4 Å².